The Morgan fingerprint density at radius 1 is 0.931 bits per heavy atom. The molecule has 0 fully saturated rings. The summed E-state index contributed by atoms with van der Waals surface area (Å²) in [6, 6.07) is 22.3. The molecule has 146 valence electrons. The lowest BCUT2D eigenvalue weighted by molar-refractivity contribution is 0.306. The number of benzene rings is 3. The van der Waals surface area contributed by atoms with Gasteiger partial charge in [-0.25, -0.2) is 18.4 Å². The molecular weight excluding hydrogens is 386 g/mol. The van der Waals surface area contributed by atoms with Crippen LogP contribution in [0.3, 0.4) is 0 Å². The number of hydrogen-bond donors (Lipinski definition) is 1. The second-order valence-corrected chi connectivity index (χ2v) is 8.61. The molecule has 0 aliphatic heterocycles. The Kier molecular flexibility index (Phi) is 5.14. The van der Waals surface area contributed by atoms with Crippen molar-refractivity contribution in [2.24, 2.45) is 0 Å². The smallest absolute Gasteiger partial charge is 0.175 e. The molecule has 1 N–H and O–H groups in total. The molecule has 0 atom stereocenters. The van der Waals surface area contributed by atoms with Gasteiger partial charge in [0.1, 0.15) is 24.5 Å². The molecule has 7 heteroatoms. The standard InChI is InChI=1S/C22H19N3O3S/c1-29(26,27)19-11-12-21-20(13-19)22(24-15-23-21)25-17-7-9-18(10-8-17)28-14-16-5-3-2-4-6-16/h2-13,15H,14H2,1H3,(H,23,24,25). The summed E-state index contributed by atoms with van der Waals surface area (Å²) in [6.07, 6.45) is 2.63. The second kappa shape index (κ2) is 7.89. The maximum absolute atomic E-state index is 11.9. The Morgan fingerprint density at radius 2 is 1.69 bits per heavy atom. The average Bonchev–Trinajstić information content (AvgIpc) is 2.73. The third kappa shape index (κ3) is 4.52. The van der Waals surface area contributed by atoms with E-state index in [4.69, 9.17) is 4.74 Å². The first-order valence-electron chi connectivity index (χ1n) is 8.98. The number of nitrogens with zero attached hydrogens (tertiary/aromatic N) is 2. The summed E-state index contributed by atoms with van der Waals surface area (Å²) in [5.41, 5.74) is 2.57. The molecule has 1 heterocycles. The highest BCUT2D eigenvalue weighted by Gasteiger charge is 2.11. The lowest BCUT2D eigenvalue weighted by Crippen LogP contribution is -2.00. The average molecular weight is 405 g/mol. The van der Waals surface area contributed by atoms with Crippen molar-refractivity contribution in [3.8, 4) is 5.75 Å². The molecule has 0 radical (unpaired) electrons. The van der Waals surface area contributed by atoms with Gasteiger partial charge < -0.3 is 10.1 Å². The van der Waals surface area contributed by atoms with Crippen LogP contribution in [-0.4, -0.2) is 24.6 Å². The minimum absolute atomic E-state index is 0.229. The van der Waals surface area contributed by atoms with E-state index in [0.29, 0.717) is 23.3 Å². The lowest BCUT2D eigenvalue weighted by atomic mass is 10.2. The van der Waals surface area contributed by atoms with Gasteiger partial charge >= 0.3 is 0 Å². The van der Waals surface area contributed by atoms with E-state index in [0.717, 1.165) is 17.0 Å². The fourth-order valence-electron chi connectivity index (χ4n) is 2.88. The van der Waals surface area contributed by atoms with Crippen LogP contribution >= 0.6 is 0 Å². The molecule has 3 aromatic carbocycles. The number of rotatable bonds is 6. The van der Waals surface area contributed by atoms with E-state index >= 15 is 0 Å². The van der Waals surface area contributed by atoms with Crippen molar-refractivity contribution in [2.45, 2.75) is 11.5 Å². The number of fused-ring (bicyclic) bond motifs is 1. The molecule has 6 nitrogen and oxygen atoms in total. The Bertz CT molecular complexity index is 1240. The lowest BCUT2D eigenvalue weighted by Gasteiger charge is -2.11. The van der Waals surface area contributed by atoms with Gasteiger partial charge in [-0.1, -0.05) is 30.3 Å². The predicted molar refractivity (Wildman–Crippen MR) is 113 cm³/mol. The number of nitrogens with one attached hydrogen (secondary N) is 1. The van der Waals surface area contributed by atoms with Crippen LogP contribution in [0.4, 0.5) is 11.5 Å². The zero-order valence-corrected chi connectivity index (χ0v) is 16.6. The van der Waals surface area contributed by atoms with E-state index in [1.165, 1.54) is 12.6 Å². The number of sulfone groups is 1. The molecule has 0 spiro atoms. The molecular formula is C22H19N3O3S. The van der Waals surface area contributed by atoms with Crippen LogP contribution in [0.25, 0.3) is 10.9 Å². The monoisotopic (exact) mass is 405 g/mol. The van der Waals surface area contributed by atoms with E-state index in [-0.39, 0.29) is 4.90 Å². The van der Waals surface area contributed by atoms with Crippen LogP contribution in [0.1, 0.15) is 5.56 Å². The molecule has 4 rings (SSSR count). The first-order valence-corrected chi connectivity index (χ1v) is 10.9. The maximum Gasteiger partial charge on any atom is 0.175 e. The molecule has 0 unspecified atom stereocenters. The minimum atomic E-state index is -3.32. The molecule has 0 bridgehead atoms. The summed E-state index contributed by atoms with van der Waals surface area (Å²) in [5.74, 6) is 1.30. The molecule has 0 aliphatic rings. The van der Waals surface area contributed by atoms with Crippen molar-refractivity contribution in [1.82, 2.24) is 9.97 Å². The quantitative estimate of drug-likeness (QED) is 0.513. The Hall–Kier alpha value is -3.45. The Balaban J connectivity index is 1.54. The zero-order valence-electron chi connectivity index (χ0n) is 15.7. The molecule has 4 aromatic rings. The van der Waals surface area contributed by atoms with Gasteiger partial charge in [-0.05, 0) is 48.0 Å². The molecule has 1 aromatic heterocycles. The number of aromatic nitrogens is 2. The van der Waals surface area contributed by atoms with E-state index in [9.17, 15) is 8.42 Å². The van der Waals surface area contributed by atoms with Crippen molar-refractivity contribution in [1.29, 1.82) is 0 Å². The van der Waals surface area contributed by atoms with E-state index in [2.05, 4.69) is 15.3 Å². The van der Waals surface area contributed by atoms with Crippen molar-refractivity contribution < 1.29 is 13.2 Å². The normalized spacial score (nSPS) is 11.3. The Morgan fingerprint density at radius 3 is 2.41 bits per heavy atom. The highest BCUT2D eigenvalue weighted by molar-refractivity contribution is 7.90. The summed E-state index contributed by atoms with van der Waals surface area (Å²) in [6.45, 7) is 0.498. The van der Waals surface area contributed by atoms with Crippen LogP contribution in [0.5, 0.6) is 5.75 Å². The largest absolute Gasteiger partial charge is 0.489 e. The van der Waals surface area contributed by atoms with Gasteiger partial charge in [0.05, 0.1) is 10.4 Å². The topological polar surface area (TPSA) is 81.2 Å². The third-order valence-corrected chi connectivity index (χ3v) is 5.51. The summed E-state index contributed by atoms with van der Waals surface area (Å²) in [4.78, 5) is 8.71. The highest BCUT2D eigenvalue weighted by atomic mass is 32.2. The SMILES string of the molecule is CS(=O)(=O)c1ccc2ncnc(Nc3ccc(OCc4ccccc4)cc3)c2c1. The molecule has 0 saturated carbocycles. The second-order valence-electron chi connectivity index (χ2n) is 6.60. The van der Waals surface area contributed by atoms with Crippen LogP contribution in [0.2, 0.25) is 0 Å². The third-order valence-electron chi connectivity index (χ3n) is 4.40. The van der Waals surface area contributed by atoms with Crippen LogP contribution < -0.4 is 10.1 Å². The fourth-order valence-corrected chi connectivity index (χ4v) is 3.53. The highest BCUT2D eigenvalue weighted by Crippen LogP contribution is 2.26. The van der Waals surface area contributed by atoms with Crippen LogP contribution in [0, 0.1) is 0 Å². The Labute approximate surface area is 169 Å². The van der Waals surface area contributed by atoms with Crippen LogP contribution in [0.15, 0.2) is 84.0 Å². The van der Waals surface area contributed by atoms with Crippen molar-refractivity contribution in [3.63, 3.8) is 0 Å². The predicted octanol–water partition coefficient (Wildman–Crippen LogP) is 4.36. The van der Waals surface area contributed by atoms with Crippen LogP contribution in [-0.2, 0) is 16.4 Å². The van der Waals surface area contributed by atoms with Gasteiger partial charge in [0.15, 0.2) is 9.84 Å². The molecule has 29 heavy (non-hydrogen) atoms. The fraction of sp³-hybridized carbons (Fsp3) is 0.0909. The number of ether oxygens (including phenoxy) is 1. The van der Waals surface area contributed by atoms with Gasteiger partial charge in [-0.15, -0.1) is 0 Å². The van der Waals surface area contributed by atoms with Gasteiger partial charge in [-0.2, -0.15) is 0 Å². The van der Waals surface area contributed by atoms with Gasteiger partial charge in [0.25, 0.3) is 0 Å². The zero-order chi connectivity index (χ0) is 20.3. The number of hydrogen-bond acceptors (Lipinski definition) is 6. The van der Waals surface area contributed by atoms with Gasteiger partial charge in [-0.3, -0.25) is 0 Å². The summed E-state index contributed by atoms with van der Waals surface area (Å²) in [7, 11) is -3.32. The van der Waals surface area contributed by atoms with Crippen molar-refractivity contribution >= 4 is 32.2 Å². The van der Waals surface area contributed by atoms with Crippen molar-refractivity contribution in [2.75, 3.05) is 11.6 Å². The minimum Gasteiger partial charge on any atom is -0.489 e. The van der Waals surface area contributed by atoms with E-state index < -0.39 is 9.84 Å². The maximum atomic E-state index is 11.9. The summed E-state index contributed by atoms with van der Waals surface area (Å²) in [5, 5.41) is 3.86. The van der Waals surface area contributed by atoms with Gasteiger partial charge in [0, 0.05) is 17.3 Å². The molecule has 0 aliphatic carbocycles. The number of anilines is 2. The molecule has 0 amide bonds. The van der Waals surface area contributed by atoms with E-state index in [1.54, 1.807) is 18.2 Å². The van der Waals surface area contributed by atoms with Gasteiger partial charge in [0.2, 0.25) is 0 Å². The van der Waals surface area contributed by atoms with Crippen molar-refractivity contribution in [3.05, 3.63) is 84.7 Å². The summed E-state index contributed by atoms with van der Waals surface area (Å²) < 4.78 is 29.5. The summed E-state index contributed by atoms with van der Waals surface area (Å²) >= 11 is 0. The molecule has 0 saturated heterocycles. The first kappa shape index (κ1) is 18.9. The first-order chi connectivity index (χ1) is 14.0. The van der Waals surface area contributed by atoms with E-state index in [1.807, 2.05) is 54.6 Å².